The molecule has 5 nitrogen and oxygen atoms in total. The maximum absolute atomic E-state index is 13.5. The van der Waals surface area contributed by atoms with Crippen LogP contribution in [0.15, 0.2) is 36.4 Å². The number of ether oxygens (including phenoxy) is 1. The highest BCUT2D eigenvalue weighted by Crippen LogP contribution is 2.32. The number of morpholine rings is 1. The lowest BCUT2D eigenvalue weighted by molar-refractivity contribution is 0.0391. The highest BCUT2D eigenvalue weighted by molar-refractivity contribution is 7.22. The van der Waals surface area contributed by atoms with Crippen LogP contribution < -0.4 is 4.90 Å². The van der Waals surface area contributed by atoms with Crippen molar-refractivity contribution < 1.29 is 13.9 Å². The molecule has 9 heteroatoms. The van der Waals surface area contributed by atoms with Crippen molar-refractivity contribution in [2.75, 3.05) is 44.3 Å². The van der Waals surface area contributed by atoms with Crippen molar-refractivity contribution in [3.8, 4) is 0 Å². The number of nitrogens with zero attached hydrogens (tertiary/aromatic N) is 3. The smallest absolute Gasteiger partial charge is 0.261 e. The van der Waals surface area contributed by atoms with E-state index in [-0.39, 0.29) is 16.5 Å². The summed E-state index contributed by atoms with van der Waals surface area (Å²) in [6.07, 6.45) is 0. The minimum absolute atomic E-state index is 0.0792. The Kier molecular flexibility index (Phi) is 6.32. The lowest BCUT2D eigenvalue weighted by Gasteiger charge is -2.29. The third-order valence-electron chi connectivity index (χ3n) is 4.72. The van der Waals surface area contributed by atoms with E-state index in [0.29, 0.717) is 36.5 Å². The molecule has 0 aliphatic carbocycles. The van der Waals surface area contributed by atoms with E-state index in [1.807, 2.05) is 12.1 Å². The fourth-order valence-corrected chi connectivity index (χ4v) is 4.67. The van der Waals surface area contributed by atoms with Gasteiger partial charge >= 0.3 is 0 Å². The largest absolute Gasteiger partial charge is 0.379 e. The Morgan fingerprint density at radius 3 is 2.76 bits per heavy atom. The molecule has 1 aromatic heterocycles. The van der Waals surface area contributed by atoms with Gasteiger partial charge in [0.1, 0.15) is 5.82 Å². The zero-order valence-corrected chi connectivity index (χ0v) is 17.7. The summed E-state index contributed by atoms with van der Waals surface area (Å²) in [5.74, 6) is -0.797. The number of carbonyl (C=O) groups is 1. The van der Waals surface area contributed by atoms with Crippen LogP contribution in [0.25, 0.3) is 10.2 Å². The molecule has 0 spiro atoms. The van der Waals surface area contributed by atoms with E-state index < -0.39 is 5.82 Å². The number of rotatable bonds is 5. The SMILES string of the molecule is O=C(c1ccc(F)cc1Cl)N(CCN1CCOCC1)c1nc2ccc(Cl)cc2s1. The second-order valence-corrected chi connectivity index (χ2v) is 8.50. The zero-order valence-electron chi connectivity index (χ0n) is 15.4. The van der Waals surface area contributed by atoms with Gasteiger partial charge in [-0.1, -0.05) is 34.5 Å². The first kappa shape index (κ1) is 20.5. The number of benzene rings is 2. The van der Waals surface area contributed by atoms with Crippen LogP contribution in [0.1, 0.15) is 10.4 Å². The topological polar surface area (TPSA) is 45.7 Å². The Morgan fingerprint density at radius 2 is 2.00 bits per heavy atom. The first-order valence-electron chi connectivity index (χ1n) is 9.14. The second-order valence-electron chi connectivity index (χ2n) is 6.64. The predicted molar refractivity (Wildman–Crippen MR) is 115 cm³/mol. The van der Waals surface area contributed by atoms with Gasteiger partial charge in [0.05, 0.1) is 34.0 Å². The summed E-state index contributed by atoms with van der Waals surface area (Å²) in [5, 5.41) is 1.25. The molecule has 1 saturated heterocycles. The van der Waals surface area contributed by atoms with Crippen molar-refractivity contribution in [2.24, 2.45) is 0 Å². The van der Waals surface area contributed by atoms with Crippen LogP contribution in [0.4, 0.5) is 9.52 Å². The number of hydrogen-bond donors (Lipinski definition) is 0. The van der Waals surface area contributed by atoms with Crippen molar-refractivity contribution >= 4 is 55.8 Å². The maximum Gasteiger partial charge on any atom is 0.261 e. The molecule has 3 aromatic rings. The number of carbonyl (C=O) groups excluding carboxylic acids is 1. The average molecular weight is 454 g/mol. The van der Waals surface area contributed by atoms with E-state index in [9.17, 15) is 9.18 Å². The summed E-state index contributed by atoms with van der Waals surface area (Å²) in [4.78, 5) is 21.8. The third-order valence-corrected chi connectivity index (χ3v) is 6.31. The third kappa shape index (κ3) is 4.70. The highest BCUT2D eigenvalue weighted by Gasteiger charge is 2.24. The van der Waals surface area contributed by atoms with E-state index in [1.54, 1.807) is 11.0 Å². The van der Waals surface area contributed by atoms with E-state index >= 15 is 0 Å². The molecule has 0 atom stereocenters. The van der Waals surface area contributed by atoms with Gasteiger partial charge in [-0.2, -0.15) is 0 Å². The molecule has 0 N–H and O–H groups in total. The molecule has 0 unspecified atom stereocenters. The molecule has 29 heavy (non-hydrogen) atoms. The van der Waals surface area contributed by atoms with Gasteiger partial charge in [-0.25, -0.2) is 9.37 Å². The van der Waals surface area contributed by atoms with Crippen molar-refractivity contribution in [2.45, 2.75) is 0 Å². The summed E-state index contributed by atoms with van der Waals surface area (Å²) >= 11 is 13.6. The Hall–Kier alpha value is -1.77. The first-order valence-corrected chi connectivity index (χ1v) is 10.7. The summed E-state index contributed by atoms with van der Waals surface area (Å²) in [7, 11) is 0. The Bertz CT molecular complexity index is 1040. The van der Waals surface area contributed by atoms with Crippen molar-refractivity contribution in [1.82, 2.24) is 9.88 Å². The molecule has 1 amide bonds. The van der Waals surface area contributed by atoms with E-state index in [2.05, 4.69) is 9.88 Å². The van der Waals surface area contributed by atoms with Crippen LogP contribution >= 0.6 is 34.5 Å². The summed E-state index contributed by atoms with van der Waals surface area (Å²) < 4.78 is 19.7. The number of hydrogen-bond acceptors (Lipinski definition) is 5. The van der Waals surface area contributed by atoms with Crippen molar-refractivity contribution in [3.05, 3.63) is 57.8 Å². The monoisotopic (exact) mass is 453 g/mol. The molecule has 0 radical (unpaired) electrons. The molecule has 0 bridgehead atoms. The van der Waals surface area contributed by atoms with E-state index in [1.165, 1.54) is 23.5 Å². The molecule has 2 heterocycles. The van der Waals surface area contributed by atoms with Crippen LogP contribution in [-0.2, 0) is 4.74 Å². The minimum Gasteiger partial charge on any atom is -0.379 e. The normalized spacial score (nSPS) is 15.0. The van der Waals surface area contributed by atoms with Gasteiger partial charge < -0.3 is 4.74 Å². The second kappa shape index (κ2) is 8.93. The molecule has 1 aliphatic rings. The fraction of sp³-hybridized carbons (Fsp3) is 0.300. The molecule has 152 valence electrons. The van der Waals surface area contributed by atoms with Crippen LogP contribution in [0.3, 0.4) is 0 Å². The molecule has 2 aromatic carbocycles. The Balaban J connectivity index is 1.66. The quantitative estimate of drug-likeness (QED) is 0.560. The zero-order chi connectivity index (χ0) is 20.4. The van der Waals surface area contributed by atoms with Gasteiger partial charge in [0.15, 0.2) is 5.13 Å². The van der Waals surface area contributed by atoms with Gasteiger partial charge in [-0.3, -0.25) is 14.6 Å². The van der Waals surface area contributed by atoms with Gasteiger partial charge in [0, 0.05) is 31.2 Å². The number of amides is 1. The average Bonchev–Trinajstić information content (AvgIpc) is 3.11. The van der Waals surface area contributed by atoms with Gasteiger partial charge in [0.2, 0.25) is 0 Å². The Morgan fingerprint density at radius 1 is 1.21 bits per heavy atom. The number of aromatic nitrogens is 1. The van der Waals surface area contributed by atoms with E-state index in [0.717, 1.165) is 29.4 Å². The minimum atomic E-state index is -0.485. The number of thiazole rings is 1. The number of fused-ring (bicyclic) bond motifs is 1. The van der Waals surface area contributed by atoms with E-state index in [4.69, 9.17) is 27.9 Å². The number of anilines is 1. The highest BCUT2D eigenvalue weighted by atomic mass is 35.5. The van der Waals surface area contributed by atoms with Crippen molar-refractivity contribution in [1.29, 1.82) is 0 Å². The van der Waals surface area contributed by atoms with Crippen LogP contribution in [0, 0.1) is 5.82 Å². The van der Waals surface area contributed by atoms with Crippen LogP contribution in [0.5, 0.6) is 0 Å². The molecule has 1 aliphatic heterocycles. The van der Waals surface area contributed by atoms with Gasteiger partial charge in [0.25, 0.3) is 5.91 Å². The molecule has 0 saturated carbocycles. The van der Waals surface area contributed by atoms with Crippen molar-refractivity contribution in [3.63, 3.8) is 0 Å². The summed E-state index contributed by atoms with van der Waals surface area (Å²) in [6, 6.07) is 9.21. The molecular weight excluding hydrogens is 436 g/mol. The van der Waals surface area contributed by atoms with Crippen LogP contribution in [-0.4, -0.2) is 55.2 Å². The van der Waals surface area contributed by atoms with Gasteiger partial charge in [-0.15, -0.1) is 0 Å². The summed E-state index contributed by atoms with van der Waals surface area (Å²) in [5.41, 5.74) is 1.01. The predicted octanol–water partition coefficient (Wildman–Crippen LogP) is 4.72. The maximum atomic E-state index is 13.5. The first-order chi connectivity index (χ1) is 14.0. The molecule has 4 rings (SSSR count). The standard InChI is InChI=1S/C20H18Cl2FN3O2S/c21-13-1-4-17-18(11-13)29-20(24-17)26(6-5-25-7-9-28-10-8-25)19(27)15-3-2-14(23)12-16(15)22/h1-4,11-12H,5-10H2. The van der Waals surface area contributed by atoms with Crippen LogP contribution in [0.2, 0.25) is 10.0 Å². The molecule has 1 fully saturated rings. The lowest BCUT2D eigenvalue weighted by Crippen LogP contribution is -2.43. The summed E-state index contributed by atoms with van der Waals surface area (Å²) in [6.45, 7) is 4.09. The van der Waals surface area contributed by atoms with Gasteiger partial charge in [-0.05, 0) is 36.4 Å². The lowest BCUT2D eigenvalue weighted by atomic mass is 10.2. The molecular formula is C20H18Cl2FN3O2S. The number of halogens is 3. The Labute approximate surface area is 181 Å². The fourth-order valence-electron chi connectivity index (χ4n) is 3.16.